The lowest BCUT2D eigenvalue weighted by molar-refractivity contribution is 0.0997. The Morgan fingerprint density at radius 3 is 2.64 bits per heavy atom. The lowest BCUT2D eigenvalue weighted by Gasteiger charge is -2.08. The van der Waals surface area contributed by atoms with Crippen molar-refractivity contribution in [3.63, 3.8) is 0 Å². The Labute approximate surface area is 144 Å². The smallest absolute Gasteiger partial charge is 0.292 e. The molecule has 0 saturated carbocycles. The molecule has 5 nitrogen and oxygen atoms in total. The summed E-state index contributed by atoms with van der Waals surface area (Å²) in [5.41, 5.74) is 2.66. The van der Waals surface area contributed by atoms with E-state index >= 15 is 0 Å². The number of fused-ring (bicyclic) bond motifs is 1. The average molecular weight is 331 g/mol. The van der Waals surface area contributed by atoms with E-state index in [-0.39, 0.29) is 5.91 Å². The predicted molar refractivity (Wildman–Crippen MR) is 96.7 cm³/mol. The second-order valence-electron chi connectivity index (χ2n) is 5.87. The average Bonchev–Trinajstić information content (AvgIpc) is 3.21. The van der Waals surface area contributed by atoms with E-state index in [4.69, 9.17) is 4.42 Å². The second kappa shape index (κ2) is 6.28. The van der Waals surface area contributed by atoms with Gasteiger partial charge in [0, 0.05) is 17.0 Å². The minimum Gasteiger partial charge on any atom is -0.451 e. The first kappa shape index (κ1) is 15.2. The van der Waals surface area contributed by atoms with Gasteiger partial charge in [-0.05, 0) is 18.6 Å². The fourth-order valence-corrected chi connectivity index (χ4v) is 2.89. The van der Waals surface area contributed by atoms with Gasteiger partial charge in [0.15, 0.2) is 5.76 Å². The van der Waals surface area contributed by atoms with Crippen LogP contribution in [0.2, 0.25) is 0 Å². The highest BCUT2D eigenvalue weighted by Crippen LogP contribution is 2.25. The maximum absolute atomic E-state index is 12.7. The van der Waals surface area contributed by atoms with Gasteiger partial charge in [-0.1, -0.05) is 48.5 Å². The molecular formula is C20H17N3O2. The largest absolute Gasteiger partial charge is 0.451 e. The Hall–Kier alpha value is -3.34. The SMILES string of the molecule is Cc1c(C(=O)Nc2ccnn2Cc2ccccc2)oc2ccccc12. The van der Waals surface area contributed by atoms with E-state index in [1.54, 1.807) is 16.9 Å². The molecule has 0 spiro atoms. The van der Waals surface area contributed by atoms with Gasteiger partial charge >= 0.3 is 0 Å². The van der Waals surface area contributed by atoms with Crippen molar-refractivity contribution in [3.8, 4) is 0 Å². The van der Waals surface area contributed by atoms with Gasteiger partial charge in [-0.25, -0.2) is 4.68 Å². The zero-order valence-electron chi connectivity index (χ0n) is 13.8. The van der Waals surface area contributed by atoms with Crippen molar-refractivity contribution >= 4 is 22.7 Å². The molecular weight excluding hydrogens is 314 g/mol. The molecule has 0 saturated heterocycles. The number of nitrogens with zero attached hydrogens (tertiary/aromatic N) is 2. The van der Waals surface area contributed by atoms with E-state index < -0.39 is 0 Å². The predicted octanol–water partition coefficient (Wildman–Crippen LogP) is 4.24. The minimum atomic E-state index is -0.275. The highest BCUT2D eigenvalue weighted by Gasteiger charge is 2.18. The molecule has 0 radical (unpaired) electrons. The molecule has 1 N–H and O–H groups in total. The van der Waals surface area contributed by atoms with Crippen LogP contribution in [0.15, 0.2) is 71.3 Å². The third-order valence-electron chi connectivity index (χ3n) is 4.18. The quantitative estimate of drug-likeness (QED) is 0.608. The van der Waals surface area contributed by atoms with Crippen LogP contribution in [-0.2, 0) is 6.54 Å². The van der Waals surface area contributed by atoms with E-state index in [1.807, 2.05) is 61.5 Å². The number of benzene rings is 2. The van der Waals surface area contributed by atoms with Crippen LogP contribution in [0.25, 0.3) is 11.0 Å². The van der Waals surface area contributed by atoms with E-state index in [2.05, 4.69) is 10.4 Å². The molecule has 2 aromatic heterocycles. The summed E-state index contributed by atoms with van der Waals surface area (Å²) in [4.78, 5) is 12.7. The van der Waals surface area contributed by atoms with Crippen LogP contribution < -0.4 is 5.32 Å². The number of carbonyl (C=O) groups is 1. The topological polar surface area (TPSA) is 60.1 Å². The first-order chi connectivity index (χ1) is 12.2. The van der Waals surface area contributed by atoms with Gasteiger partial charge in [0.1, 0.15) is 11.4 Å². The van der Waals surface area contributed by atoms with Gasteiger partial charge in [-0.15, -0.1) is 0 Å². The monoisotopic (exact) mass is 331 g/mol. The molecule has 4 aromatic rings. The summed E-state index contributed by atoms with van der Waals surface area (Å²) in [5.74, 6) is 0.686. The van der Waals surface area contributed by atoms with Crippen molar-refractivity contribution in [3.05, 3.63) is 83.7 Å². The molecule has 25 heavy (non-hydrogen) atoms. The molecule has 4 rings (SSSR count). The molecule has 0 aliphatic carbocycles. The van der Waals surface area contributed by atoms with Crippen molar-refractivity contribution < 1.29 is 9.21 Å². The summed E-state index contributed by atoms with van der Waals surface area (Å²) in [6.07, 6.45) is 1.67. The van der Waals surface area contributed by atoms with E-state index in [1.165, 1.54) is 0 Å². The number of hydrogen-bond donors (Lipinski definition) is 1. The molecule has 2 aromatic carbocycles. The van der Waals surface area contributed by atoms with Gasteiger partial charge in [0.05, 0.1) is 12.7 Å². The normalized spacial score (nSPS) is 10.9. The zero-order valence-corrected chi connectivity index (χ0v) is 13.8. The van der Waals surface area contributed by atoms with Crippen LogP contribution in [0.3, 0.4) is 0 Å². The van der Waals surface area contributed by atoms with Crippen LogP contribution in [0.5, 0.6) is 0 Å². The molecule has 0 fully saturated rings. The van der Waals surface area contributed by atoms with Crippen molar-refractivity contribution in [2.24, 2.45) is 0 Å². The number of aromatic nitrogens is 2. The van der Waals surface area contributed by atoms with Gasteiger partial charge in [-0.2, -0.15) is 5.10 Å². The fraction of sp³-hybridized carbons (Fsp3) is 0.100. The molecule has 0 aliphatic heterocycles. The van der Waals surface area contributed by atoms with Gasteiger partial charge < -0.3 is 9.73 Å². The molecule has 1 amide bonds. The van der Waals surface area contributed by atoms with Crippen molar-refractivity contribution in [1.29, 1.82) is 0 Å². The number of anilines is 1. The Morgan fingerprint density at radius 2 is 1.84 bits per heavy atom. The Kier molecular flexibility index (Phi) is 3.82. The van der Waals surface area contributed by atoms with Crippen molar-refractivity contribution in [2.75, 3.05) is 5.32 Å². The number of nitrogens with one attached hydrogen (secondary N) is 1. The molecule has 0 unspecified atom stereocenters. The highest BCUT2D eigenvalue weighted by atomic mass is 16.3. The Balaban J connectivity index is 1.59. The number of para-hydroxylation sites is 1. The standard InChI is InChI=1S/C20H17N3O2/c1-14-16-9-5-6-10-17(16)25-19(14)20(24)22-18-11-12-21-23(18)13-15-7-3-2-4-8-15/h2-12H,13H2,1H3,(H,22,24). The van der Waals surface area contributed by atoms with E-state index in [9.17, 15) is 4.79 Å². The first-order valence-corrected chi connectivity index (χ1v) is 8.07. The summed E-state index contributed by atoms with van der Waals surface area (Å²) in [5, 5.41) is 8.14. The maximum Gasteiger partial charge on any atom is 0.292 e. The number of hydrogen-bond acceptors (Lipinski definition) is 3. The highest BCUT2D eigenvalue weighted by molar-refractivity contribution is 6.06. The summed E-state index contributed by atoms with van der Waals surface area (Å²) in [6.45, 7) is 2.48. The molecule has 0 bridgehead atoms. The third kappa shape index (κ3) is 2.92. The van der Waals surface area contributed by atoms with Crippen LogP contribution >= 0.6 is 0 Å². The summed E-state index contributed by atoms with van der Waals surface area (Å²) in [6, 6.07) is 19.4. The summed E-state index contributed by atoms with van der Waals surface area (Å²) in [7, 11) is 0. The van der Waals surface area contributed by atoms with E-state index in [0.29, 0.717) is 23.7 Å². The molecule has 2 heterocycles. The lowest BCUT2D eigenvalue weighted by atomic mass is 10.1. The molecule has 5 heteroatoms. The summed E-state index contributed by atoms with van der Waals surface area (Å²) >= 11 is 0. The van der Waals surface area contributed by atoms with Crippen molar-refractivity contribution in [1.82, 2.24) is 9.78 Å². The Morgan fingerprint density at radius 1 is 1.08 bits per heavy atom. The van der Waals surface area contributed by atoms with Crippen LogP contribution in [-0.4, -0.2) is 15.7 Å². The van der Waals surface area contributed by atoms with Crippen LogP contribution in [0.1, 0.15) is 21.7 Å². The number of amides is 1. The molecule has 0 aliphatic rings. The molecule has 124 valence electrons. The minimum absolute atomic E-state index is 0.275. The molecule has 0 atom stereocenters. The van der Waals surface area contributed by atoms with Gasteiger partial charge in [0.2, 0.25) is 0 Å². The number of aryl methyl sites for hydroxylation is 1. The summed E-state index contributed by atoms with van der Waals surface area (Å²) < 4.78 is 7.48. The van der Waals surface area contributed by atoms with Crippen LogP contribution in [0.4, 0.5) is 5.82 Å². The number of furan rings is 1. The van der Waals surface area contributed by atoms with Crippen LogP contribution in [0, 0.1) is 6.92 Å². The number of carbonyl (C=O) groups excluding carboxylic acids is 1. The number of rotatable bonds is 4. The van der Waals surface area contributed by atoms with Crippen molar-refractivity contribution in [2.45, 2.75) is 13.5 Å². The Bertz CT molecular complexity index is 1030. The first-order valence-electron chi connectivity index (χ1n) is 8.07. The zero-order chi connectivity index (χ0) is 17.2. The second-order valence-corrected chi connectivity index (χ2v) is 5.87. The maximum atomic E-state index is 12.7. The van der Waals surface area contributed by atoms with Gasteiger partial charge in [0.25, 0.3) is 5.91 Å². The van der Waals surface area contributed by atoms with Gasteiger partial charge in [-0.3, -0.25) is 4.79 Å². The van der Waals surface area contributed by atoms with E-state index in [0.717, 1.165) is 16.5 Å². The fourth-order valence-electron chi connectivity index (χ4n) is 2.89. The lowest BCUT2D eigenvalue weighted by Crippen LogP contribution is -2.16. The third-order valence-corrected chi connectivity index (χ3v) is 4.18.